The molecule has 0 aromatic carbocycles. The van der Waals surface area contributed by atoms with Crippen molar-refractivity contribution >= 4 is 15.9 Å². The minimum Gasteiger partial charge on any atom is -0.264 e. The van der Waals surface area contributed by atoms with E-state index in [1.807, 2.05) is 18.2 Å². The van der Waals surface area contributed by atoms with Crippen LogP contribution in [-0.2, 0) is 0 Å². The van der Waals surface area contributed by atoms with Crippen molar-refractivity contribution in [1.29, 1.82) is 0 Å². The van der Waals surface area contributed by atoms with Gasteiger partial charge in [0.1, 0.15) is 0 Å². The van der Waals surface area contributed by atoms with Gasteiger partial charge in [0.2, 0.25) is 0 Å². The highest BCUT2D eigenvalue weighted by Crippen LogP contribution is 2.15. The normalized spacial score (nSPS) is 9.92. The van der Waals surface area contributed by atoms with E-state index in [0.717, 1.165) is 11.3 Å². The van der Waals surface area contributed by atoms with Crippen LogP contribution in [0.15, 0.2) is 41.5 Å². The van der Waals surface area contributed by atoms with Gasteiger partial charge in [-0.1, -0.05) is 0 Å². The highest BCUT2D eigenvalue weighted by molar-refractivity contribution is 9.10. The Morgan fingerprint density at radius 1 is 1.15 bits per heavy atom. The van der Waals surface area contributed by atoms with Gasteiger partial charge in [0.15, 0.2) is 4.73 Å². The van der Waals surface area contributed by atoms with Crippen LogP contribution in [0.25, 0.3) is 11.3 Å². The van der Waals surface area contributed by atoms with E-state index in [4.69, 9.17) is 0 Å². The van der Waals surface area contributed by atoms with Crippen molar-refractivity contribution in [3.05, 3.63) is 41.5 Å². The first-order chi connectivity index (χ1) is 6.36. The maximum absolute atomic E-state index is 4.21. The molecule has 2 aromatic heterocycles. The molecule has 13 heavy (non-hydrogen) atoms. The molecule has 0 bridgehead atoms. The van der Waals surface area contributed by atoms with E-state index < -0.39 is 0 Å². The Morgan fingerprint density at radius 3 is 2.77 bits per heavy atom. The van der Waals surface area contributed by atoms with Gasteiger partial charge in [0.05, 0.1) is 5.69 Å². The quantitative estimate of drug-likeness (QED) is 0.713. The first kappa shape index (κ1) is 8.31. The van der Waals surface area contributed by atoms with Crippen molar-refractivity contribution in [2.45, 2.75) is 0 Å². The highest BCUT2D eigenvalue weighted by Gasteiger charge is 1.98. The summed E-state index contributed by atoms with van der Waals surface area (Å²) in [4.78, 5) is 12.2. The predicted molar refractivity (Wildman–Crippen MR) is 53.0 cm³/mol. The molecule has 0 atom stereocenters. The topological polar surface area (TPSA) is 38.7 Å². The summed E-state index contributed by atoms with van der Waals surface area (Å²) in [6, 6.07) is 5.69. The number of hydrogen-bond donors (Lipinski definition) is 0. The summed E-state index contributed by atoms with van der Waals surface area (Å²) >= 11 is 3.22. The van der Waals surface area contributed by atoms with Gasteiger partial charge in [0.25, 0.3) is 0 Å². The molecule has 0 aliphatic rings. The SMILES string of the molecule is Brc1nccc(-c2cccnc2)n1. The Morgan fingerprint density at radius 2 is 2.08 bits per heavy atom. The average Bonchev–Trinajstić information content (AvgIpc) is 2.19. The molecular formula is C9H6BrN3. The number of pyridine rings is 1. The van der Waals surface area contributed by atoms with Gasteiger partial charge >= 0.3 is 0 Å². The molecule has 0 aliphatic heterocycles. The van der Waals surface area contributed by atoms with Crippen molar-refractivity contribution in [3.63, 3.8) is 0 Å². The minimum atomic E-state index is 0.592. The predicted octanol–water partition coefficient (Wildman–Crippen LogP) is 2.30. The lowest BCUT2D eigenvalue weighted by molar-refractivity contribution is 1.11. The van der Waals surface area contributed by atoms with Gasteiger partial charge in [-0.2, -0.15) is 0 Å². The summed E-state index contributed by atoms with van der Waals surface area (Å²) in [5.41, 5.74) is 1.86. The van der Waals surface area contributed by atoms with E-state index in [-0.39, 0.29) is 0 Å². The van der Waals surface area contributed by atoms with Crippen molar-refractivity contribution in [3.8, 4) is 11.3 Å². The molecule has 0 N–H and O–H groups in total. The average molecular weight is 236 g/mol. The van der Waals surface area contributed by atoms with E-state index in [9.17, 15) is 0 Å². The van der Waals surface area contributed by atoms with Crippen molar-refractivity contribution < 1.29 is 0 Å². The van der Waals surface area contributed by atoms with Gasteiger partial charge < -0.3 is 0 Å². The second kappa shape index (κ2) is 3.62. The van der Waals surface area contributed by atoms with E-state index in [1.165, 1.54) is 0 Å². The van der Waals surface area contributed by atoms with Gasteiger partial charge in [0, 0.05) is 24.2 Å². The summed E-state index contributed by atoms with van der Waals surface area (Å²) in [5, 5.41) is 0. The van der Waals surface area contributed by atoms with E-state index >= 15 is 0 Å². The van der Waals surface area contributed by atoms with Gasteiger partial charge in [-0.05, 0) is 34.1 Å². The number of hydrogen-bond acceptors (Lipinski definition) is 3. The standard InChI is InChI=1S/C9H6BrN3/c10-9-12-5-3-8(13-9)7-2-1-4-11-6-7/h1-6H. The van der Waals surface area contributed by atoms with Crippen LogP contribution in [0.1, 0.15) is 0 Å². The van der Waals surface area contributed by atoms with E-state index in [1.54, 1.807) is 18.6 Å². The fourth-order valence-electron chi connectivity index (χ4n) is 1.01. The molecule has 0 aliphatic carbocycles. The van der Waals surface area contributed by atoms with Gasteiger partial charge in [-0.25, -0.2) is 9.97 Å². The molecule has 4 heteroatoms. The molecule has 64 valence electrons. The van der Waals surface area contributed by atoms with Crippen LogP contribution in [0.3, 0.4) is 0 Å². The molecule has 0 spiro atoms. The number of aromatic nitrogens is 3. The van der Waals surface area contributed by atoms with Crippen molar-refractivity contribution in [2.75, 3.05) is 0 Å². The molecule has 2 aromatic rings. The lowest BCUT2D eigenvalue weighted by Crippen LogP contribution is -1.86. The molecule has 0 saturated heterocycles. The van der Waals surface area contributed by atoms with Gasteiger partial charge in [-0.15, -0.1) is 0 Å². The first-order valence-electron chi connectivity index (χ1n) is 3.75. The van der Waals surface area contributed by atoms with Crippen molar-refractivity contribution in [1.82, 2.24) is 15.0 Å². The Balaban J connectivity index is 2.48. The van der Waals surface area contributed by atoms with Crippen LogP contribution in [0, 0.1) is 0 Å². The maximum atomic E-state index is 4.21. The second-order valence-corrected chi connectivity index (χ2v) is 3.16. The van der Waals surface area contributed by atoms with Crippen LogP contribution in [-0.4, -0.2) is 15.0 Å². The third-order valence-electron chi connectivity index (χ3n) is 1.58. The number of rotatable bonds is 1. The second-order valence-electron chi connectivity index (χ2n) is 2.45. The fraction of sp³-hybridized carbons (Fsp3) is 0. The third kappa shape index (κ3) is 1.89. The lowest BCUT2D eigenvalue weighted by atomic mass is 10.2. The molecular weight excluding hydrogens is 230 g/mol. The highest BCUT2D eigenvalue weighted by atomic mass is 79.9. The van der Waals surface area contributed by atoms with Crippen molar-refractivity contribution in [2.24, 2.45) is 0 Å². The number of nitrogens with zero attached hydrogens (tertiary/aromatic N) is 3. The van der Waals surface area contributed by atoms with Crippen LogP contribution < -0.4 is 0 Å². The smallest absolute Gasteiger partial charge is 0.197 e. The van der Waals surface area contributed by atoms with Crippen LogP contribution in [0.5, 0.6) is 0 Å². The fourth-order valence-corrected chi connectivity index (χ4v) is 1.32. The summed E-state index contributed by atoms with van der Waals surface area (Å²) in [5.74, 6) is 0. The zero-order chi connectivity index (χ0) is 9.10. The molecule has 0 unspecified atom stereocenters. The zero-order valence-electron chi connectivity index (χ0n) is 6.68. The molecule has 0 amide bonds. The zero-order valence-corrected chi connectivity index (χ0v) is 8.27. The summed E-state index contributed by atoms with van der Waals surface area (Å²) in [6.07, 6.45) is 5.22. The third-order valence-corrected chi connectivity index (χ3v) is 1.97. The molecule has 0 radical (unpaired) electrons. The molecule has 2 rings (SSSR count). The molecule has 2 heterocycles. The summed E-state index contributed by atoms with van der Waals surface area (Å²) < 4.78 is 0.592. The van der Waals surface area contributed by atoms with Crippen LogP contribution in [0.4, 0.5) is 0 Å². The lowest BCUT2D eigenvalue weighted by Gasteiger charge is -1.98. The summed E-state index contributed by atoms with van der Waals surface area (Å²) in [6.45, 7) is 0. The van der Waals surface area contributed by atoms with E-state index in [0.29, 0.717) is 4.73 Å². The van der Waals surface area contributed by atoms with E-state index in [2.05, 4.69) is 30.9 Å². The summed E-state index contributed by atoms with van der Waals surface area (Å²) in [7, 11) is 0. The van der Waals surface area contributed by atoms with Crippen LogP contribution >= 0.6 is 15.9 Å². The Labute approximate surface area is 84.0 Å². The molecule has 3 nitrogen and oxygen atoms in total. The van der Waals surface area contributed by atoms with Gasteiger partial charge in [-0.3, -0.25) is 4.98 Å². The molecule has 0 fully saturated rings. The van der Waals surface area contributed by atoms with Crippen LogP contribution in [0.2, 0.25) is 0 Å². The largest absolute Gasteiger partial charge is 0.264 e. The Hall–Kier alpha value is -1.29. The Kier molecular flexibility index (Phi) is 2.31. The maximum Gasteiger partial charge on any atom is 0.197 e. The first-order valence-corrected chi connectivity index (χ1v) is 4.54. The Bertz CT molecular complexity index is 403. The molecule has 0 saturated carbocycles. The minimum absolute atomic E-state index is 0.592. The number of halogens is 1. The monoisotopic (exact) mass is 235 g/mol.